The molecule has 1 N–H and O–H groups in total. The minimum atomic E-state index is 0.0209. The molecule has 2 aliphatic rings. The molecule has 0 radical (unpaired) electrons. The maximum absolute atomic E-state index is 5.89. The average molecular weight is 283 g/mol. The zero-order valence-corrected chi connectivity index (χ0v) is 12.1. The zero-order chi connectivity index (χ0) is 13.5. The lowest BCUT2D eigenvalue weighted by Gasteiger charge is -2.15. The van der Waals surface area contributed by atoms with Crippen molar-refractivity contribution in [1.82, 2.24) is 15.0 Å². The van der Waals surface area contributed by atoms with Crippen LogP contribution >= 0.6 is 11.6 Å². The predicted molar refractivity (Wildman–Crippen MR) is 73.5 cm³/mol. The maximum Gasteiger partial charge on any atom is 0.322 e. The molecule has 5 nitrogen and oxygen atoms in total. The summed E-state index contributed by atoms with van der Waals surface area (Å²) in [5.74, 6) is 1.42. The van der Waals surface area contributed by atoms with Crippen LogP contribution in [0, 0.1) is 11.3 Å². The Labute approximate surface area is 118 Å². The third-order valence-corrected chi connectivity index (χ3v) is 4.03. The molecular weight excluding hydrogens is 264 g/mol. The smallest absolute Gasteiger partial charge is 0.322 e. The van der Waals surface area contributed by atoms with E-state index in [1.165, 1.54) is 25.7 Å². The fourth-order valence-electron chi connectivity index (χ4n) is 2.52. The van der Waals surface area contributed by atoms with Crippen LogP contribution in [0.3, 0.4) is 0 Å². The van der Waals surface area contributed by atoms with Crippen molar-refractivity contribution in [2.75, 3.05) is 11.9 Å². The fraction of sp³-hybridized carbons (Fsp3) is 0.769. The molecular formula is C13H19ClN4O. The lowest BCUT2D eigenvalue weighted by atomic mass is 10.0. The highest BCUT2D eigenvalue weighted by molar-refractivity contribution is 6.28. The molecule has 0 atom stereocenters. The van der Waals surface area contributed by atoms with Gasteiger partial charge in [0.15, 0.2) is 0 Å². The van der Waals surface area contributed by atoms with Crippen LogP contribution in [0.4, 0.5) is 5.95 Å². The standard InChI is InChI=1S/C13H19ClN4O/c1-8(2)19-12-17-10(14)16-11(18-12)15-7-13(5-6-13)9-3-4-9/h8-9H,3-7H2,1-2H3,(H,15,16,17,18). The lowest BCUT2D eigenvalue weighted by molar-refractivity contribution is 0.222. The molecule has 1 heterocycles. The highest BCUT2D eigenvalue weighted by Gasteiger charge is 2.53. The number of ether oxygens (including phenoxy) is 1. The summed E-state index contributed by atoms with van der Waals surface area (Å²) in [5, 5.41) is 3.47. The molecule has 2 saturated carbocycles. The Morgan fingerprint density at radius 1 is 1.32 bits per heavy atom. The van der Waals surface area contributed by atoms with E-state index < -0.39 is 0 Å². The van der Waals surface area contributed by atoms with Crippen LogP contribution in [-0.2, 0) is 0 Å². The number of anilines is 1. The summed E-state index contributed by atoms with van der Waals surface area (Å²) < 4.78 is 5.46. The number of nitrogens with zero attached hydrogens (tertiary/aromatic N) is 3. The third kappa shape index (κ3) is 3.08. The second kappa shape index (κ2) is 4.78. The molecule has 0 amide bonds. The lowest BCUT2D eigenvalue weighted by Crippen LogP contribution is -2.19. The van der Waals surface area contributed by atoms with Gasteiger partial charge in [0.1, 0.15) is 0 Å². The quantitative estimate of drug-likeness (QED) is 0.869. The van der Waals surface area contributed by atoms with Crippen molar-refractivity contribution in [3.63, 3.8) is 0 Å². The number of hydrogen-bond donors (Lipinski definition) is 1. The van der Waals surface area contributed by atoms with Crippen LogP contribution in [0.15, 0.2) is 0 Å². The summed E-state index contributed by atoms with van der Waals surface area (Å²) in [5.41, 5.74) is 0.498. The first-order valence-electron chi connectivity index (χ1n) is 6.89. The Bertz CT molecular complexity index is 472. The van der Waals surface area contributed by atoms with Crippen LogP contribution < -0.4 is 10.1 Å². The van der Waals surface area contributed by atoms with Gasteiger partial charge in [-0.15, -0.1) is 0 Å². The molecule has 104 valence electrons. The topological polar surface area (TPSA) is 59.9 Å². The Balaban J connectivity index is 1.65. The number of hydrogen-bond acceptors (Lipinski definition) is 5. The van der Waals surface area contributed by atoms with Crippen LogP contribution in [0.5, 0.6) is 6.01 Å². The molecule has 0 bridgehead atoms. The van der Waals surface area contributed by atoms with E-state index in [9.17, 15) is 0 Å². The molecule has 3 rings (SSSR count). The van der Waals surface area contributed by atoms with Crippen molar-refractivity contribution in [2.24, 2.45) is 11.3 Å². The van der Waals surface area contributed by atoms with Crippen molar-refractivity contribution in [1.29, 1.82) is 0 Å². The molecule has 0 aliphatic heterocycles. The first kappa shape index (κ1) is 12.9. The van der Waals surface area contributed by atoms with Gasteiger partial charge in [-0.1, -0.05) is 0 Å². The van der Waals surface area contributed by atoms with Gasteiger partial charge in [0.2, 0.25) is 11.2 Å². The maximum atomic E-state index is 5.89. The van der Waals surface area contributed by atoms with Crippen LogP contribution in [0.2, 0.25) is 5.28 Å². The molecule has 19 heavy (non-hydrogen) atoms. The third-order valence-electron chi connectivity index (χ3n) is 3.86. The number of aromatic nitrogens is 3. The van der Waals surface area contributed by atoms with Crippen molar-refractivity contribution >= 4 is 17.5 Å². The summed E-state index contributed by atoms with van der Waals surface area (Å²) in [6.45, 7) is 4.79. The molecule has 0 aromatic carbocycles. The second-order valence-corrected chi connectivity index (χ2v) is 6.21. The van der Waals surface area contributed by atoms with Crippen LogP contribution in [-0.4, -0.2) is 27.6 Å². The van der Waals surface area contributed by atoms with E-state index in [0.29, 0.717) is 11.4 Å². The first-order valence-corrected chi connectivity index (χ1v) is 7.27. The molecule has 6 heteroatoms. The van der Waals surface area contributed by atoms with E-state index in [0.717, 1.165) is 12.5 Å². The van der Waals surface area contributed by atoms with Gasteiger partial charge in [-0.25, -0.2) is 0 Å². The highest BCUT2D eigenvalue weighted by Crippen LogP contribution is 2.61. The second-order valence-electron chi connectivity index (χ2n) is 5.87. The van der Waals surface area contributed by atoms with E-state index in [1.54, 1.807) is 0 Å². The average Bonchev–Trinajstić information content (AvgIpc) is 3.18. The first-order chi connectivity index (χ1) is 9.07. The highest BCUT2D eigenvalue weighted by atomic mass is 35.5. The van der Waals surface area contributed by atoms with Gasteiger partial charge in [0, 0.05) is 6.54 Å². The van der Waals surface area contributed by atoms with Gasteiger partial charge in [-0.2, -0.15) is 15.0 Å². The molecule has 0 saturated heterocycles. The van der Waals surface area contributed by atoms with Gasteiger partial charge in [-0.3, -0.25) is 0 Å². The molecule has 2 fully saturated rings. The molecule has 0 spiro atoms. The largest absolute Gasteiger partial charge is 0.461 e. The van der Waals surface area contributed by atoms with Crippen LogP contribution in [0.1, 0.15) is 39.5 Å². The minimum Gasteiger partial charge on any atom is -0.461 e. The van der Waals surface area contributed by atoms with Crippen molar-refractivity contribution in [3.05, 3.63) is 5.28 Å². The fourth-order valence-corrected chi connectivity index (χ4v) is 2.67. The van der Waals surface area contributed by atoms with E-state index in [-0.39, 0.29) is 17.4 Å². The van der Waals surface area contributed by atoms with E-state index in [1.807, 2.05) is 13.8 Å². The predicted octanol–water partition coefficient (Wildman–Crippen LogP) is 2.91. The van der Waals surface area contributed by atoms with Gasteiger partial charge in [0.25, 0.3) is 0 Å². The van der Waals surface area contributed by atoms with E-state index in [2.05, 4.69) is 20.3 Å². The van der Waals surface area contributed by atoms with Gasteiger partial charge in [-0.05, 0) is 62.5 Å². The Kier molecular flexibility index (Phi) is 3.25. The molecule has 1 aromatic heterocycles. The van der Waals surface area contributed by atoms with Crippen molar-refractivity contribution in [2.45, 2.75) is 45.6 Å². The Morgan fingerprint density at radius 3 is 2.63 bits per heavy atom. The number of halogens is 1. The molecule has 0 unspecified atom stereocenters. The molecule has 2 aliphatic carbocycles. The monoisotopic (exact) mass is 282 g/mol. The normalized spacial score (nSPS) is 20.4. The van der Waals surface area contributed by atoms with Crippen molar-refractivity contribution < 1.29 is 4.74 Å². The summed E-state index contributed by atoms with van der Waals surface area (Å²) in [6, 6.07) is 0.286. The summed E-state index contributed by atoms with van der Waals surface area (Å²) >= 11 is 5.89. The number of nitrogens with one attached hydrogen (secondary N) is 1. The minimum absolute atomic E-state index is 0.0209. The van der Waals surface area contributed by atoms with Crippen LogP contribution in [0.25, 0.3) is 0 Å². The number of rotatable bonds is 6. The summed E-state index contributed by atoms with van der Waals surface area (Å²) in [6.07, 6.45) is 5.41. The zero-order valence-electron chi connectivity index (χ0n) is 11.3. The molecule has 1 aromatic rings. The van der Waals surface area contributed by atoms with Gasteiger partial charge in [0.05, 0.1) is 6.10 Å². The van der Waals surface area contributed by atoms with E-state index >= 15 is 0 Å². The summed E-state index contributed by atoms with van der Waals surface area (Å²) in [4.78, 5) is 12.3. The SMILES string of the molecule is CC(C)Oc1nc(Cl)nc(NCC2(C3CC3)CC2)n1. The van der Waals surface area contributed by atoms with Gasteiger partial charge >= 0.3 is 6.01 Å². The van der Waals surface area contributed by atoms with Gasteiger partial charge < -0.3 is 10.1 Å². The van der Waals surface area contributed by atoms with E-state index in [4.69, 9.17) is 16.3 Å². The van der Waals surface area contributed by atoms with Crippen molar-refractivity contribution in [3.8, 4) is 6.01 Å². The Hall–Kier alpha value is -1.10. The summed E-state index contributed by atoms with van der Waals surface area (Å²) in [7, 11) is 0. The Morgan fingerprint density at radius 2 is 2.05 bits per heavy atom.